The first-order valence-corrected chi connectivity index (χ1v) is 11.2. The zero-order chi connectivity index (χ0) is 23.7. The van der Waals surface area contributed by atoms with Gasteiger partial charge in [-0.25, -0.2) is 10.2 Å². The van der Waals surface area contributed by atoms with E-state index in [4.69, 9.17) is 9.47 Å². The van der Waals surface area contributed by atoms with Crippen molar-refractivity contribution in [2.45, 2.75) is 45.0 Å². The highest BCUT2D eigenvalue weighted by molar-refractivity contribution is 6.06. The Morgan fingerprint density at radius 3 is 2.52 bits per heavy atom. The van der Waals surface area contributed by atoms with Gasteiger partial charge in [0.15, 0.2) is 0 Å². The Hall–Kier alpha value is -2.98. The Morgan fingerprint density at radius 1 is 1.15 bits per heavy atom. The molecule has 1 heterocycles. The summed E-state index contributed by atoms with van der Waals surface area (Å²) < 4.78 is 10.3. The van der Waals surface area contributed by atoms with Crippen LogP contribution in [0.5, 0.6) is 5.75 Å². The summed E-state index contributed by atoms with van der Waals surface area (Å²) in [5.74, 6) is -1.94. The summed E-state index contributed by atoms with van der Waals surface area (Å²) in [7, 11) is 1.57. The molecule has 3 aliphatic rings. The van der Waals surface area contributed by atoms with Gasteiger partial charge in [-0.15, -0.1) is 0 Å². The normalized spacial score (nSPS) is 32.4. The van der Waals surface area contributed by atoms with Gasteiger partial charge >= 0.3 is 6.09 Å². The lowest BCUT2D eigenvalue weighted by atomic mass is 9.60. The first-order chi connectivity index (χ1) is 15.8. The molecule has 0 unspecified atom stereocenters. The van der Waals surface area contributed by atoms with Gasteiger partial charge in [-0.1, -0.05) is 12.1 Å². The third kappa shape index (κ3) is 4.32. The Balaban J connectivity index is 1.44. The molecular formula is C23H29N3O7. The van der Waals surface area contributed by atoms with Gasteiger partial charge in [0.1, 0.15) is 12.4 Å². The molecule has 1 aliphatic heterocycles. The quantitative estimate of drug-likeness (QED) is 0.442. The standard InChI is InChI=1S/C23H29N3O7/c1-3-26-21(29)15-9-8-14-16(10-17(27)20(28)18(14)19(15)22(26)30)24-25-23(31)33-11-12-4-6-13(32-2)7-5-12/h4-7,14-15,17-20,27-28H,3,8-11H2,1-2H3,(H,25,31)/b24-16+/t14-,15+,17+,18-,19+,20+/m0/s1. The molecule has 0 aromatic heterocycles. The molecule has 3 N–H and O–H groups in total. The first kappa shape index (κ1) is 23.2. The van der Waals surface area contributed by atoms with E-state index >= 15 is 0 Å². The number of nitrogens with zero attached hydrogens (tertiary/aromatic N) is 2. The molecule has 0 spiro atoms. The van der Waals surface area contributed by atoms with Crippen LogP contribution in [0, 0.1) is 23.7 Å². The van der Waals surface area contributed by atoms with Crippen LogP contribution in [0.15, 0.2) is 29.4 Å². The number of ether oxygens (including phenoxy) is 2. The number of likely N-dealkylation sites (tertiary alicyclic amines) is 1. The van der Waals surface area contributed by atoms with Crippen LogP contribution in [0.4, 0.5) is 4.79 Å². The highest BCUT2D eigenvalue weighted by atomic mass is 16.6. The van der Waals surface area contributed by atoms with Crippen molar-refractivity contribution in [2.75, 3.05) is 13.7 Å². The van der Waals surface area contributed by atoms with Crippen LogP contribution in [0.2, 0.25) is 0 Å². The van der Waals surface area contributed by atoms with E-state index in [2.05, 4.69) is 10.5 Å². The maximum atomic E-state index is 12.9. The van der Waals surface area contributed by atoms with Crippen LogP contribution < -0.4 is 10.2 Å². The highest BCUT2D eigenvalue weighted by Gasteiger charge is 2.59. The number of benzene rings is 1. The minimum Gasteiger partial charge on any atom is -0.497 e. The summed E-state index contributed by atoms with van der Waals surface area (Å²) in [5, 5.41) is 25.3. The average Bonchev–Trinajstić information content (AvgIpc) is 3.08. The SMILES string of the molecule is CCN1C(=O)[C@H]2[C@H]3[C@H](O)[C@H](O)C/C(=N\NC(=O)OCc4ccc(OC)cc4)[C@@H]3CC[C@H]2C1=O. The molecule has 10 heteroatoms. The van der Waals surface area contributed by atoms with Crippen LogP contribution in [0.3, 0.4) is 0 Å². The Labute approximate surface area is 191 Å². The van der Waals surface area contributed by atoms with Gasteiger partial charge in [-0.05, 0) is 37.5 Å². The molecule has 33 heavy (non-hydrogen) atoms. The Morgan fingerprint density at radius 2 is 1.85 bits per heavy atom. The van der Waals surface area contributed by atoms with Crippen molar-refractivity contribution < 1.29 is 34.1 Å². The summed E-state index contributed by atoms with van der Waals surface area (Å²) in [5.41, 5.74) is 3.63. The van der Waals surface area contributed by atoms with Crippen LogP contribution in [-0.4, -0.2) is 64.6 Å². The third-order valence-corrected chi connectivity index (χ3v) is 7.01. The number of hydrogen-bond donors (Lipinski definition) is 3. The van der Waals surface area contributed by atoms with E-state index in [1.54, 1.807) is 38.3 Å². The van der Waals surface area contributed by atoms with Crippen LogP contribution in [0.1, 0.15) is 31.7 Å². The second-order valence-electron chi connectivity index (χ2n) is 8.72. The molecule has 3 amide bonds. The smallest absolute Gasteiger partial charge is 0.428 e. The fraction of sp³-hybridized carbons (Fsp3) is 0.565. The van der Waals surface area contributed by atoms with Gasteiger partial charge in [0.05, 0.1) is 31.2 Å². The maximum absolute atomic E-state index is 12.9. The average molecular weight is 459 g/mol. The fourth-order valence-corrected chi connectivity index (χ4v) is 5.39. The maximum Gasteiger partial charge on any atom is 0.428 e. The molecule has 0 bridgehead atoms. The number of aliphatic hydroxyl groups is 2. The molecule has 1 saturated heterocycles. The lowest BCUT2D eigenvalue weighted by Gasteiger charge is -2.45. The highest BCUT2D eigenvalue weighted by Crippen LogP contribution is 2.49. The molecule has 4 rings (SSSR count). The number of aliphatic hydroxyl groups excluding tert-OH is 2. The van der Waals surface area contributed by atoms with Gasteiger partial charge in [0.25, 0.3) is 0 Å². The van der Waals surface area contributed by atoms with Crippen molar-refractivity contribution in [1.29, 1.82) is 0 Å². The van der Waals surface area contributed by atoms with Crippen molar-refractivity contribution >= 4 is 23.6 Å². The number of carbonyl (C=O) groups excluding carboxylic acids is 3. The van der Waals surface area contributed by atoms with E-state index in [9.17, 15) is 24.6 Å². The van der Waals surface area contributed by atoms with Gasteiger partial charge in [-0.3, -0.25) is 14.5 Å². The summed E-state index contributed by atoms with van der Waals surface area (Å²) in [6.07, 6.45) is -1.94. The fourth-order valence-electron chi connectivity index (χ4n) is 5.39. The summed E-state index contributed by atoms with van der Waals surface area (Å²) in [6, 6.07) is 7.08. The van der Waals surface area contributed by atoms with Gasteiger partial charge in [0, 0.05) is 30.5 Å². The molecule has 178 valence electrons. The minimum atomic E-state index is -1.14. The number of nitrogens with one attached hydrogen (secondary N) is 1. The molecular weight excluding hydrogens is 430 g/mol. The lowest BCUT2D eigenvalue weighted by molar-refractivity contribution is -0.141. The number of amides is 3. The Bertz CT molecular complexity index is 948. The van der Waals surface area contributed by atoms with Crippen LogP contribution in [0.25, 0.3) is 0 Å². The van der Waals surface area contributed by atoms with E-state index < -0.39 is 36.1 Å². The second-order valence-corrected chi connectivity index (χ2v) is 8.72. The van der Waals surface area contributed by atoms with Gasteiger partial charge < -0.3 is 19.7 Å². The third-order valence-electron chi connectivity index (χ3n) is 7.01. The number of imide groups is 1. The molecule has 10 nitrogen and oxygen atoms in total. The zero-order valence-electron chi connectivity index (χ0n) is 18.6. The molecule has 3 fully saturated rings. The van der Waals surface area contributed by atoms with Crippen molar-refractivity contribution in [2.24, 2.45) is 28.8 Å². The van der Waals surface area contributed by atoms with E-state index in [1.165, 1.54) is 4.90 Å². The van der Waals surface area contributed by atoms with E-state index in [0.29, 0.717) is 24.3 Å². The summed E-state index contributed by atoms with van der Waals surface area (Å²) in [4.78, 5) is 38.9. The molecule has 1 aromatic rings. The largest absolute Gasteiger partial charge is 0.497 e. The number of methoxy groups -OCH3 is 1. The number of rotatable bonds is 5. The molecule has 6 atom stereocenters. The van der Waals surface area contributed by atoms with Crippen molar-refractivity contribution in [3.63, 3.8) is 0 Å². The summed E-state index contributed by atoms with van der Waals surface area (Å²) in [6.45, 7) is 2.07. The monoisotopic (exact) mass is 459 g/mol. The predicted octanol–water partition coefficient (Wildman–Crippen LogP) is 1.05. The summed E-state index contributed by atoms with van der Waals surface area (Å²) >= 11 is 0. The first-order valence-electron chi connectivity index (χ1n) is 11.2. The van der Waals surface area contributed by atoms with Gasteiger partial charge in [-0.2, -0.15) is 5.10 Å². The Kier molecular flexibility index (Phi) is 6.66. The van der Waals surface area contributed by atoms with E-state index in [0.717, 1.165) is 5.56 Å². The van der Waals surface area contributed by atoms with E-state index in [-0.39, 0.29) is 37.3 Å². The topological polar surface area (TPSA) is 138 Å². The van der Waals surface area contributed by atoms with Crippen LogP contribution in [-0.2, 0) is 20.9 Å². The second kappa shape index (κ2) is 9.48. The minimum absolute atomic E-state index is 0.0429. The van der Waals surface area contributed by atoms with Crippen molar-refractivity contribution in [3.8, 4) is 5.75 Å². The molecule has 0 radical (unpaired) electrons. The molecule has 2 aliphatic carbocycles. The van der Waals surface area contributed by atoms with Gasteiger partial charge in [0.2, 0.25) is 11.8 Å². The van der Waals surface area contributed by atoms with Crippen molar-refractivity contribution in [3.05, 3.63) is 29.8 Å². The number of carbonyl (C=O) groups is 3. The van der Waals surface area contributed by atoms with E-state index in [1.807, 2.05) is 0 Å². The lowest BCUT2D eigenvalue weighted by Crippen LogP contribution is -2.55. The predicted molar refractivity (Wildman–Crippen MR) is 116 cm³/mol. The zero-order valence-corrected chi connectivity index (χ0v) is 18.6. The molecule has 1 aromatic carbocycles. The van der Waals surface area contributed by atoms with Crippen molar-refractivity contribution in [1.82, 2.24) is 10.3 Å². The number of hydrogen-bond acceptors (Lipinski definition) is 8. The number of hydrazone groups is 1. The van der Waals surface area contributed by atoms with Crippen LogP contribution >= 0.6 is 0 Å². The number of fused-ring (bicyclic) bond motifs is 3. The molecule has 2 saturated carbocycles.